The topological polar surface area (TPSA) is 55.7 Å². The minimum absolute atomic E-state index is 0.0423. The average Bonchev–Trinajstić information content (AvgIpc) is 2.58. The van der Waals surface area contributed by atoms with Crippen LogP contribution in [0.15, 0.2) is 75.6 Å². The first-order valence-corrected chi connectivity index (χ1v) is 8.25. The Morgan fingerprint density at radius 2 is 1.71 bits per heavy atom. The van der Waals surface area contributed by atoms with Crippen molar-refractivity contribution in [3.05, 3.63) is 71.1 Å². The number of fused-ring (bicyclic) bond motifs is 1. The maximum Gasteiger partial charge on any atom is 0.308 e. The van der Waals surface area contributed by atoms with E-state index in [0.29, 0.717) is 11.3 Å². The number of hydrogen-bond acceptors (Lipinski definition) is 5. The number of nitroso groups, excluding NO2 is 1. The van der Waals surface area contributed by atoms with Crippen molar-refractivity contribution >= 4 is 28.5 Å². The minimum atomic E-state index is -0.423. The molecular formula is C19H15NO3S. The van der Waals surface area contributed by atoms with Gasteiger partial charge in [-0.1, -0.05) is 59.4 Å². The Bertz CT molecular complexity index is 894. The number of hydrogen-bond donors (Lipinski definition) is 0. The lowest BCUT2D eigenvalue weighted by molar-refractivity contribution is -0.131. The highest BCUT2D eigenvalue weighted by molar-refractivity contribution is 7.99. The number of carbonyl (C=O) groups is 1. The summed E-state index contributed by atoms with van der Waals surface area (Å²) in [7, 11) is 0. The van der Waals surface area contributed by atoms with Crippen molar-refractivity contribution in [2.75, 3.05) is 0 Å². The Hall–Kier alpha value is -2.66. The average molecular weight is 337 g/mol. The third-order valence-corrected chi connectivity index (χ3v) is 4.59. The first-order chi connectivity index (χ1) is 11.7. The van der Waals surface area contributed by atoms with Crippen LogP contribution in [-0.4, -0.2) is 5.97 Å². The maximum absolute atomic E-state index is 11.4. The van der Waals surface area contributed by atoms with E-state index >= 15 is 0 Å². The Balaban J connectivity index is 2.19. The smallest absolute Gasteiger partial charge is 0.308 e. The minimum Gasteiger partial charge on any atom is -0.426 e. The highest BCUT2D eigenvalue weighted by atomic mass is 32.2. The number of nitrogens with zero attached hydrogens (tertiary/aromatic N) is 1. The van der Waals surface area contributed by atoms with Crippen LogP contribution in [0.25, 0.3) is 10.8 Å². The quantitative estimate of drug-likeness (QED) is 0.365. The number of esters is 1. The van der Waals surface area contributed by atoms with E-state index < -0.39 is 5.97 Å². The molecule has 0 saturated heterocycles. The summed E-state index contributed by atoms with van der Waals surface area (Å²) >= 11 is 1.59. The third-order valence-electron chi connectivity index (χ3n) is 3.52. The van der Waals surface area contributed by atoms with Crippen molar-refractivity contribution < 1.29 is 9.53 Å². The molecule has 0 bridgehead atoms. The largest absolute Gasteiger partial charge is 0.426 e. The van der Waals surface area contributed by atoms with Gasteiger partial charge in [-0.15, -0.1) is 0 Å². The fraction of sp³-hybridized carbons (Fsp3) is 0.105. The summed E-state index contributed by atoms with van der Waals surface area (Å²) in [5.74, 6) is -0.0349. The number of rotatable bonds is 5. The van der Waals surface area contributed by atoms with Crippen molar-refractivity contribution in [3.63, 3.8) is 0 Å². The molecule has 0 amide bonds. The summed E-state index contributed by atoms with van der Waals surface area (Å²) in [5, 5.41) is 4.86. The Labute approximate surface area is 143 Å². The molecular weight excluding hydrogens is 322 g/mol. The number of ether oxygens (including phenoxy) is 1. The van der Waals surface area contributed by atoms with Crippen LogP contribution < -0.4 is 4.74 Å². The molecule has 4 nitrogen and oxygen atoms in total. The van der Waals surface area contributed by atoms with Crippen LogP contribution in [0.2, 0.25) is 0 Å². The number of carbonyl (C=O) groups excluding carboxylic acids is 1. The summed E-state index contributed by atoms with van der Waals surface area (Å²) in [6, 6.07) is 19.5. The van der Waals surface area contributed by atoms with E-state index in [1.165, 1.54) is 6.92 Å². The van der Waals surface area contributed by atoms with Gasteiger partial charge in [-0.3, -0.25) is 4.79 Å². The van der Waals surface area contributed by atoms with Gasteiger partial charge < -0.3 is 4.74 Å². The van der Waals surface area contributed by atoms with E-state index in [4.69, 9.17) is 4.74 Å². The molecule has 120 valence electrons. The summed E-state index contributed by atoms with van der Waals surface area (Å²) in [5.41, 5.74) is 0.633. The highest BCUT2D eigenvalue weighted by Crippen LogP contribution is 2.39. The lowest BCUT2D eigenvalue weighted by Gasteiger charge is -2.14. The van der Waals surface area contributed by atoms with Crippen molar-refractivity contribution in [1.29, 1.82) is 0 Å². The maximum atomic E-state index is 11.4. The molecule has 0 saturated carbocycles. The summed E-state index contributed by atoms with van der Waals surface area (Å²) in [6.07, 6.45) is 0. The van der Waals surface area contributed by atoms with Crippen molar-refractivity contribution in [2.45, 2.75) is 23.3 Å². The SMILES string of the molecule is CC(=O)Oc1cc(Sc2ccccc2)c2ccccc2c1CN=O. The van der Waals surface area contributed by atoms with Crippen LogP contribution in [0.5, 0.6) is 5.75 Å². The van der Waals surface area contributed by atoms with Crippen LogP contribution >= 0.6 is 11.8 Å². The normalized spacial score (nSPS) is 10.5. The molecule has 0 aromatic heterocycles. The standard InChI is InChI=1S/C19H15NO3S/c1-13(21)23-18-11-19(24-14-7-3-2-4-8-14)16-10-6-5-9-15(16)17(18)12-20-22/h2-11H,12H2,1H3. The van der Waals surface area contributed by atoms with Crippen molar-refractivity contribution in [1.82, 2.24) is 0 Å². The zero-order chi connectivity index (χ0) is 16.9. The van der Waals surface area contributed by atoms with E-state index in [-0.39, 0.29) is 6.54 Å². The molecule has 0 fully saturated rings. The van der Waals surface area contributed by atoms with Gasteiger partial charge in [0.25, 0.3) is 0 Å². The van der Waals surface area contributed by atoms with Gasteiger partial charge in [0.15, 0.2) is 0 Å². The van der Waals surface area contributed by atoms with E-state index in [2.05, 4.69) is 5.18 Å². The second-order valence-electron chi connectivity index (χ2n) is 5.19. The van der Waals surface area contributed by atoms with Crippen LogP contribution in [0, 0.1) is 4.91 Å². The molecule has 0 aliphatic heterocycles. The first kappa shape index (κ1) is 16.2. The third kappa shape index (κ3) is 3.46. The second-order valence-corrected chi connectivity index (χ2v) is 6.31. The van der Waals surface area contributed by atoms with Gasteiger partial charge in [-0.2, -0.15) is 4.91 Å². The predicted molar refractivity (Wildman–Crippen MR) is 95.3 cm³/mol. The second kappa shape index (κ2) is 7.27. The fourth-order valence-electron chi connectivity index (χ4n) is 2.55. The van der Waals surface area contributed by atoms with Crippen LogP contribution in [0.1, 0.15) is 12.5 Å². The molecule has 0 atom stereocenters. The first-order valence-electron chi connectivity index (χ1n) is 7.44. The summed E-state index contributed by atoms with van der Waals surface area (Å²) in [6.45, 7) is 1.30. The van der Waals surface area contributed by atoms with Gasteiger partial charge in [0, 0.05) is 22.3 Å². The Morgan fingerprint density at radius 3 is 2.38 bits per heavy atom. The van der Waals surface area contributed by atoms with Gasteiger partial charge in [-0.25, -0.2) is 0 Å². The molecule has 0 spiro atoms. The highest BCUT2D eigenvalue weighted by Gasteiger charge is 2.15. The molecule has 3 aromatic carbocycles. The molecule has 24 heavy (non-hydrogen) atoms. The van der Waals surface area contributed by atoms with Crippen molar-refractivity contribution in [2.24, 2.45) is 5.18 Å². The summed E-state index contributed by atoms with van der Waals surface area (Å²) in [4.78, 5) is 24.3. The van der Waals surface area contributed by atoms with Gasteiger partial charge in [0.1, 0.15) is 12.3 Å². The molecule has 0 aliphatic rings. The van der Waals surface area contributed by atoms with Crippen molar-refractivity contribution in [3.8, 4) is 5.75 Å². The fourth-order valence-corrected chi connectivity index (χ4v) is 3.55. The number of benzene rings is 3. The van der Waals surface area contributed by atoms with Crippen LogP contribution in [0.3, 0.4) is 0 Å². The Morgan fingerprint density at radius 1 is 1.04 bits per heavy atom. The lowest BCUT2D eigenvalue weighted by atomic mass is 10.0. The van der Waals surface area contributed by atoms with Gasteiger partial charge in [0.2, 0.25) is 0 Å². The van der Waals surface area contributed by atoms with Gasteiger partial charge >= 0.3 is 5.97 Å². The van der Waals surface area contributed by atoms with Crippen LogP contribution in [-0.2, 0) is 11.3 Å². The van der Waals surface area contributed by atoms with Crippen LogP contribution in [0.4, 0.5) is 0 Å². The van der Waals surface area contributed by atoms with E-state index in [1.807, 2.05) is 60.7 Å². The molecule has 3 aromatic rings. The van der Waals surface area contributed by atoms with Gasteiger partial charge in [-0.05, 0) is 29.0 Å². The zero-order valence-corrected chi connectivity index (χ0v) is 13.9. The molecule has 0 radical (unpaired) electrons. The molecule has 3 rings (SSSR count). The lowest BCUT2D eigenvalue weighted by Crippen LogP contribution is -2.04. The Kier molecular flexibility index (Phi) is 4.91. The monoisotopic (exact) mass is 337 g/mol. The van der Waals surface area contributed by atoms with E-state index in [9.17, 15) is 9.70 Å². The molecule has 0 heterocycles. The van der Waals surface area contributed by atoms with E-state index in [1.54, 1.807) is 11.8 Å². The zero-order valence-electron chi connectivity index (χ0n) is 13.1. The molecule has 0 N–H and O–H groups in total. The predicted octanol–water partition coefficient (Wildman–Crippen LogP) is 5.18. The summed E-state index contributed by atoms with van der Waals surface area (Å²) < 4.78 is 5.33. The molecule has 0 unspecified atom stereocenters. The van der Waals surface area contributed by atoms with Gasteiger partial charge in [0.05, 0.1) is 0 Å². The van der Waals surface area contributed by atoms with E-state index in [0.717, 1.165) is 20.6 Å². The molecule has 5 heteroatoms. The molecule has 0 aliphatic carbocycles.